The molecule has 0 saturated carbocycles. The molecule has 1 heterocycles. The Kier molecular flexibility index (Phi) is 4.90. The Labute approximate surface area is 112 Å². The molecule has 0 saturated heterocycles. The molecule has 1 atom stereocenters. The molecular formula is C14H18N2O3. The van der Waals surface area contributed by atoms with Crippen molar-refractivity contribution in [2.24, 2.45) is 0 Å². The average Bonchev–Trinajstić information content (AvgIpc) is 2.61. The Hall–Kier alpha value is -2.06. The van der Waals surface area contributed by atoms with Crippen LogP contribution in [0.4, 0.5) is 0 Å². The molecule has 0 spiro atoms. The maximum absolute atomic E-state index is 10.9. The van der Waals surface area contributed by atoms with Crippen molar-refractivity contribution in [3.8, 4) is 6.07 Å². The van der Waals surface area contributed by atoms with E-state index in [1.54, 1.807) is 13.2 Å². The zero-order valence-corrected chi connectivity index (χ0v) is 11.6. The highest BCUT2D eigenvalue weighted by atomic mass is 16.5. The summed E-state index contributed by atoms with van der Waals surface area (Å²) in [4.78, 5) is 10.9. The van der Waals surface area contributed by atoms with Gasteiger partial charge in [0.2, 0.25) is 0 Å². The smallest absolute Gasteiger partial charge is 0.346 e. The minimum Gasteiger partial charge on any atom is -0.477 e. The van der Waals surface area contributed by atoms with Crippen molar-refractivity contribution in [1.29, 1.82) is 5.26 Å². The van der Waals surface area contributed by atoms with Crippen LogP contribution in [0.15, 0.2) is 11.6 Å². The summed E-state index contributed by atoms with van der Waals surface area (Å²) in [6.07, 6.45) is 1.40. The van der Waals surface area contributed by atoms with Gasteiger partial charge in [0.05, 0.1) is 12.6 Å². The average molecular weight is 262 g/mol. The minimum atomic E-state index is -1.21. The lowest BCUT2D eigenvalue weighted by molar-refractivity contribution is -0.132. The van der Waals surface area contributed by atoms with Gasteiger partial charge in [0.25, 0.3) is 0 Å². The maximum atomic E-state index is 10.9. The van der Waals surface area contributed by atoms with Crippen LogP contribution in [0.5, 0.6) is 0 Å². The Bertz CT molecular complexity index is 550. The number of ether oxygens (including phenoxy) is 1. The number of aliphatic carboxylic acids is 1. The molecule has 0 amide bonds. The van der Waals surface area contributed by atoms with Gasteiger partial charge in [-0.1, -0.05) is 0 Å². The van der Waals surface area contributed by atoms with Crippen molar-refractivity contribution < 1.29 is 14.6 Å². The van der Waals surface area contributed by atoms with Gasteiger partial charge in [-0.05, 0) is 38.5 Å². The lowest BCUT2D eigenvalue weighted by Crippen LogP contribution is -2.13. The van der Waals surface area contributed by atoms with Crippen LogP contribution in [0.25, 0.3) is 6.08 Å². The van der Waals surface area contributed by atoms with E-state index in [1.165, 1.54) is 6.08 Å². The Balaban J connectivity index is 3.24. The zero-order valence-electron chi connectivity index (χ0n) is 11.6. The Morgan fingerprint density at radius 2 is 2.26 bits per heavy atom. The van der Waals surface area contributed by atoms with Crippen LogP contribution in [0.1, 0.15) is 29.9 Å². The van der Waals surface area contributed by atoms with E-state index in [0.717, 1.165) is 17.0 Å². The van der Waals surface area contributed by atoms with E-state index in [2.05, 4.69) is 4.57 Å². The van der Waals surface area contributed by atoms with E-state index in [4.69, 9.17) is 15.1 Å². The monoisotopic (exact) mass is 262 g/mol. The molecule has 1 aromatic rings. The summed E-state index contributed by atoms with van der Waals surface area (Å²) in [5.74, 6) is -1.21. The molecule has 1 N–H and O–H groups in total. The summed E-state index contributed by atoms with van der Waals surface area (Å²) in [5.41, 5.74) is 2.42. The quantitative estimate of drug-likeness (QED) is 0.652. The fourth-order valence-corrected chi connectivity index (χ4v) is 2.24. The number of methoxy groups -OCH3 is 1. The van der Waals surface area contributed by atoms with Gasteiger partial charge in [0, 0.05) is 18.5 Å². The van der Waals surface area contributed by atoms with E-state index in [9.17, 15) is 4.79 Å². The van der Waals surface area contributed by atoms with E-state index in [-0.39, 0.29) is 11.6 Å². The topological polar surface area (TPSA) is 75.2 Å². The molecule has 5 nitrogen and oxygen atoms in total. The molecule has 0 fully saturated rings. The third-order valence-corrected chi connectivity index (χ3v) is 3.02. The molecule has 0 aliphatic heterocycles. The second-order valence-corrected chi connectivity index (χ2v) is 4.48. The standard InChI is InChI=1S/C14H18N2O3/c1-9-5-12(6-13(7-15)14(17)18)11(3)16(9)10(2)8-19-4/h5-6,10H,8H2,1-4H3,(H,17,18)/b13-6-/t10-/m0/s1. The predicted octanol–water partition coefficient (Wildman–Crippen LogP) is 2.30. The lowest BCUT2D eigenvalue weighted by Gasteiger charge is -2.17. The van der Waals surface area contributed by atoms with Crippen molar-refractivity contribution in [2.45, 2.75) is 26.8 Å². The van der Waals surface area contributed by atoms with Crippen LogP contribution in [-0.2, 0) is 9.53 Å². The summed E-state index contributed by atoms with van der Waals surface area (Å²) in [6, 6.07) is 3.72. The Morgan fingerprint density at radius 1 is 1.63 bits per heavy atom. The number of nitriles is 1. The van der Waals surface area contributed by atoms with Gasteiger partial charge >= 0.3 is 5.97 Å². The largest absolute Gasteiger partial charge is 0.477 e. The number of nitrogens with zero attached hydrogens (tertiary/aromatic N) is 2. The number of carbonyl (C=O) groups is 1. The molecule has 0 aliphatic rings. The summed E-state index contributed by atoms with van der Waals surface area (Å²) in [6.45, 7) is 6.45. The van der Waals surface area contributed by atoms with E-state index >= 15 is 0 Å². The molecule has 1 aromatic heterocycles. The number of aromatic nitrogens is 1. The van der Waals surface area contributed by atoms with Gasteiger partial charge in [-0.3, -0.25) is 0 Å². The van der Waals surface area contributed by atoms with Crippen LogP contribution in [0.2, 0.25) is 0 Å². The van der Waals surface area contributed by atoms with Crippen molar-refractivity contribution >= 4 is 12.0 Å². The third kappa shape index (κ3) is 3.24. The van der Waals surface area contributed by atoms with E-state index in [0.29, 0.717) is 6.61 Å². The number of rotatable bonds is 5. The SMILES string of the molecule is COC[C@H](C)n1c(C)cc(/C=C(/C#N)C(=O)O)c1C. The lowest BCUT2D eigenvalue weighted by atomic mass is 10.1. The van der Waals surface area contributed by atoms with Crippen molar-refractivity contribution in [2.75, 3.05) is 13.7 Å². The molecule has 102 valence electrons. The minimum absolute atomic E-state index is 0.155. The van der Waals surface area contributed by atoms with Gasteiger partial charge < -0.3 is 14.4 Å². The van der Waals surface area contributed by atoms with Crippen LogP contribution < -0.4 is 0 Å². The molecule has 0 bridgehead atoms. The normalized spacial score (nSPS) is 13.1. The van der Waals surface area contributed by atoms with Crippen LogP contribution in [0.3, 0.4) is 0 Å². The highest BCUT2D eigenvalue weighted by molar-refractivity contribution is 5.96. The van der Waals surface area contributed by atoms with Crippen molar-refractivity contribution in [3.05, 3.63) is 28.6 Å². The fourth-order valence-electron chi connectivity index (χ4n) is 2.24. The first-order chi connectivity index (χ1) is 8.92. The number of hydrogen-bond acceptors (Lipinski definition) is 3. The summed E-state index contributed by atoms with van der Waals surface area (Å²) in [5, 5.41) is 17.7. The van der Waals surface area contributed by atoms with Gasteiger partial charge in [-0.2, -0.15) is 5.26 Å². The summed E-state index contributed by atoms with van der Waals surface area (Å²) in [7, 11) is 1.64. The first kappa shape index (κ1) is 15.0. The van der Waals surface area contributed by atoms with Crippen LogP contribution in [0, 0.1) is 25.2 Å². The summed E-state index contributed by atoms with van der Waals surface area (Å²) < 4.78 is 7.21. The fraction of sp³-hybridized carbons (Fsp3) is 0.429. The molecule has 1 rings (SSSR count). The van der Waals surface area contributed by atoms with Crippen molar-refractivity contribution in [3.63, 3.8) is 0 Å². The zero-order chi connectivity index (χ0) is 14.6. The maximum Gasteiger partial charge on any atom is 0.346 e. The molecule has 0 radical (unpaired) electrons. The molecular weight excluding hydrogens is 244 g/mol. The van der Waals surface area contributed by atoms with Crippen molar-refractivity contribution in [1.82, 2.24) is 4.57 Å². The molecule has 0 aliphatic carbocycles. The number of aryl methyl sites for hydroxylation is 1. The molecule has 5 heteroatoms. The molecule has 0 unspecified atom stereocenters. The summed E-state index contributed by atoms with van der Waals surface area (Å²) >= 11 is 0. The number of carboxylic acid groups (broad SMARTS) is 1. The highest BCUT2D eigenvalue weighted by Gasteiger charge is 2.15. The van der Waals surface area contributed by atoms with E-state index in [1.807, 2.05) is 26.8 Å². The molecule has 19 heavy (non-hydrogen) atoms. The first-order valence-corrected chi connectivity index (χ1v) is 5.94. The van der Waals surface area contributed by atoms with Gasteiger partial charge in [0.1, 0.15) is 11.6 Å². The highest BCUT2D eigenvalue weighted by Crippen LogP contribution is 2.22. The number of hydrogen-bond donors (Lipinski definition) is 1. The Morgan fingerprint density at radius 3 is 2.74 bits per heavy atom. The van der Waals surface area contributed by atoms with Crippen LogP contribution in [-0.4, -0.2) is 29.4 Å². The van der Waals surface area contributed by atoms with Gasteiger partial charge in [0.15, 0.2) is 0 Å². The first-order valence-electron chi connectivity index (χ1n) is 5.94. The second kappa shape index (κ2) is 6.21. The van der Waals surface area contributed by atoms with E-state index < -0.39 is 5.97 Å². The third-order valence-electron chi connectivity index (χ3n) is 3.02. The second-order valence-electron chi connectivity index (χ2n) is 4.48. The van der Waals surface area contributed by atoms with Gasteiger partial charge in [-0.15, -0.1) is 0 Å². The van der Waals surface area contributed by atoms with Crippen LogP contribution >= 0.6 is 0 Å². The predicted molar refractivity (Wildman–Crippen MR) is 71.7 cm³/mol. The molecule has 0 aromatic carbocycles. The number of carboxylic acids is 1. The van der Waals surface area contributed by atoms with Gasteiger partial charge in [-0.25, -0.2) is 4.79 Å².